The van der Waals surface area contributed by atoms with E-state index in [4.69, 9.17) is 23.3 Å². The number of ether oxygens (including phenoxy) is 3. The summed E-state index contributed by atoms with van der Waals surface area (Å²) in [5.74, 6) is -1.45. The Bertz CT molecular complexity index is 1200. The van der Waals surface area contributed by atoms with E-state index in [0.717, 1.165) is 77.0 Å². The molecule has 3 unspecified atom stereocenters. The van der Waals surface area contributed by atoms with Crippen molar-refractivity contribution in [3.05, 3.63) is 12.2 Å². The molecule has 0 spiro atoms. The summed E-state index contributed by atoms with van der Waals surface area (Å²) in [5.41, 5.74) is 0. The topological polar surface area (TPSA) is 155 Å². The van der Waals surface area contributed by atoms with Gasteiger partial charge >= 0.3 is 25.7 Å². The number of hydrogen-bond donors (Lipinski definition) is 2. The van der Waals surface area contributed by atoms with Crippen molar-refractivity contribution < 1.29 is 52.2 Å². The first kappa shape index (κ1) is 66.2. The third-order valence-electron chi connectivity index (χ3n) is 12.7. The smallest absolute Gasteiger partial charge is 0.462 e. The van der Waals surface area contributed by atoms with Gasteiger partial charge < -0.3 is 24.2 Å². The number of aliphatic hydroxyl groups is 1. The molecular formula is C56H107O11P. The molecule has 11 nitrogen and oxygen atoms in total. The van der Waals surface area contributed by atoms with Crippen LogP contribution in [-0.2, 0) is 42.2 Å². The number of esters is 3. The minimum atomic E-state index is -4.73. The summed E-state index contributed by atoms with van der Waals surface area (Å²) in [5, 5.41) is 9.78. The molecule has 0 saturated carbocycles. The van der Waals surface area contributed by atoms with Crippen molar-refractivity contribution in [2.75, 3.05) is 26.4 Å². The van der Waals surface area contributed by atoms with E-state index < -0.39 is 57.8 Å². The van der Waals surface area contributed by atoms with E-state index in [2.05, 4.69) is 32.9 Å². The Morgan fingerprint density at radius 3 is 1.06 bits per heavy atom. The zero-order chi connectivity index (χ0) is 49.9. The van der Waals surface area contributed by atoms with Gasteiger partial charge in [-0.3, -0.25) is 23.4 Å². The van der Waals surface area contributed by atoms with Crippen LogP contribution in [0, 0.1) is 0 Å². The van der Waals surface area contributed by atoms with Crippen molar-refractivity contribution in [3.63, 3.8) is 0 Å². The highest BCUT2D eigenvalue weighted by molar-refractivity contribution is 7.47. The van der Waals surface area contributed by atoms with Crippen LogP contribution in [0.2, 0.25) is 0 Å². The Labute approximate surface area is 417 Å². The fraction of sp³-hybridized carbons (Fsp3) is 0.911. The summed E-state index contributed by atoms with van der Waals surface area (Å²) in [6.45, 7) is 4.65. The number of unbranched alkanes of at least 4 members (excludes halogenated alkanes) is 35. The monoisotopic (exact) mass is 987 g/mol. The molecule has 402 valence electrons. The van der Waals surface area contributed by atoms with Crippen molar-refractivity contribution in [2.24, 2.45) is 0 Å². The summed E-state index contributed by atoms with van der Waals surface area (Å²) in [7, 11) is -4.73. The number of carbonyl (C=O) groups excluding carboxylic acids is 3. The Hall–Kier alpha value is -1.78. The van der Waals surface area contributed by atoms with Crippen LogP contribution in [0.5, 0.6) is 0 Å². The average Bonchev–Trinajstić information content (AvgIpc) is 3.32. The molecule has 0 fully saturated rings. The number of phosphoric acid groups is 1. The van der Waals surface area contributed by atoms with Gasteiger partial charge in [0.05, 0.1) is 19.8 Å². The summed E-state index contributed by atoms with van der Waals surface area (Å²) >= 11 is 0. The standard InChI is InChI=1S/C56H107O11P/c1-4-7-10-13-16-19-22-24-25-26-27-29-32-35-38-41-44-47-56(60)67-53(49-63-54(58)45-42-39-36-33-31-28-23-20-17-14-11-8-5-2)51-65-68(61,62)64-50-52(48-57)66-55(59)46-43-40-37-34-30-21-18-15-12-9-6-3/h15,18,52-53,57H,4-14,16-17,19-51H2,1-3H3,(H,61,62)/b18-15-. The van der Waals surface area contributed by atoms with Crippen molar-refractivity contribution in [2.45, 2.75) is 303 Å². The van der Waals surface area contributed by atoms with E-state index in [0.29, 0.717) is 19.3 Å². The lowest BCUT2D eigenvalue weighted by molar-refractivity contribution is -0.161. The number of phosphoric ester groups is 1. The van der Waals surface area contributed by atoms with Crippen molar-refractivity contribution in [1.82, 2.24) is 0 Å². The number of allylic oxidation sites excluding steroid dienone is 2. The molecule has 2 N–H and O–H groups in total. The number of carbonyl (C=O) groups is 3. The Balaban J connectivity index is 4.67. The van der Waals surface area contributed by atoms with Gasteiger partial charge in [-0.15, -0.1) is 0 Å². The number of aliphatic hydroxyl groups excluding tert-OH is 1. The highest BCUT2D eigenvalue weighted by Crippen LogP contribution is 2.43. The molecule has 0 aromatic carbocycles. The van der Waals surface area contributed by atoms with Crippen LogP contribution in [0.1, 0.15) is 290 Å². The zero-order valence-electron chi connectivity index (χ0n) is 44.4. The summed E-state index contributed by atoms with van der Waals surface area (Å²) in [6.07, 6.45) is 48.9. The average molecular weight is 987 g/mol. The third kappa shape index (κ3) is 49.2. The van der Waals surface area contributed by atoms with Crippen molar-refractivity contribution >= 4 is 25.7 Å². The quantitative estimate of drug-likeness (QED) is 0.0197. The second kappa shape index (κ2) is 51.6. The minimum absolute atomic E-state index is 0.172. The molecule has 0 bridgehead atoms. The largest absolute Gasteiger partial charge is 0.472 e. The highest BCUT2D eigenvalue weighted by Gasteiger charge is 2.28. The molecule has 0 aromatic rings. The Kier molecular flexibility index (Phi) is 50.2. The molecule has 68 heavy (non-hydrogen) atoms. The van der Waals surface area contributed by atoms with E-state index in [9.17, 15) is 28.9 Å². The molecule has 0 aliphatic heterocycles. The lowest BCUT2D eigenvalue weighted by Gasteiger charge is -2.21. The van der Waals surface area contributed by atoms with E-state index >= 15 is 0 Å². The van der Waals surface area contributed by atoms with Gasteiger partial charge in [-0.2, -0.15) is 0 Å². The first-order chi connectivity index (χ1) is 33.2. The summed E-state index contributed by atoms with van der Waals surface area (Å²) < 4.78 is 39.5. The van der Waals surface area contributed by atoms with Crippen LogP contribution in [-0.4, -0.2) is 66.5 Å². The van der Waals surface area contributed by atoms with Gasteiger partial charge in [-0.1, -0.05) is 245 Å². The molecule has 0 rings (SSSR count). The SMILES string of the molecule is CCCC/C=C\CCCCCCCC(=O)OC(CO)COP(=O)(O)OCC(COC(=O)CCCCCCCCCCCCCCC)OC(=O)CCCCCCCCCCCCCCCCCCC. The molecule has 0 amide bonds. The highest BCUT2D eigenvalue weighted by atomic mass is 31.2. The molecule has 0 saturated heterocycles. The van der Waals surface area contributed by atoms with Crippen molar-refractivity contribution in [1.29, 1.82) is 0 Å². The van der Waals surface area contributed by atoms with E-state index in [1.54, 1.807) is 0 Å². The molecule has 0 radical (unpaired) electrons. The van der Waals surface area contributed by atoms with Crippen LogP contribution >= 0.6 is 7.82 Å². The maximum Gasteiger partial charge on any atom is 0.472 e. The maximum absolute atomic E-state index is 12.9. The van der Waals surface area contributed by atoms with E-state index in [1.807, 2.05) is 0 Å². The van der Waals surface area contributed by atoms with Gasteiger partial charge in [0, 0.05) is 19.3 Å². The minimum Gasteiger partial charge on any atom is -0.462 e. The van der Waals surface area contributed by atoms with Crippen LogP contribution in [0.25, 0.3) is 0 Å². The van der Waals surface area contributed by atoms with Crippen molar-refractivity contribution in [3.8, 4) is 0 Å². The van der Waals surface area contributed by atoms with Crippen LogP contribution < -0.4 is 0 Å². The van der Waals surface area contributed by atoms with Crippen LogP contribution in [0.15, 0.2) is 12.2 Å². The Morgan fingerprint density at radius 2 is 0.691 bits per heavy atom. The first-order valence-corrected chi connectivity index (χ1v) is 30.1. The second-order valence-corrected chi connectivity index (χ2v) is 20.9. The predicted octanol–water partition coefficient (Wildman–Crippen LogP) is 16.5. The third-order valence-corrected chi connectivity index (χ3v) is 13.6. The van der Waals surface area contributed by atoms with E-state index in [1.165, 1.54) is 154 Å². The lowest BCUT2D eigenvalue weighted by Crippen LogP contribution is -2.30. The molecule has 12 heteroatoms. The molecule has 3 atom stereocenters. The van der Waals surface area contributed by atoms with Crippen LogP contribution in [0.4, 0.5) is 0 Å². The molecule has 0 aliphatic rings. The summed E-state index contributed by atoms with van der Waals surface area (Å²) in [6, 6.07) is 0. The van der Waals surface area contributed by atoms with Gasteiger partial charge in [0.2, 0.25) is 0 Å². The number of hydrogen-bond acceptors (Lipinski definition) is 10. The molecular weight excluding hydrogens is 880 g/mol. The molecule has 0 aromatic heterocycles. The lowest BCUT2D eigenvalue weighted by atomic mass is 10.0. The maximum atomic E-state index is 12.9. The normalized spacial score (nSPS) is 13.4. The fourth-order valence-electron chi connectivity index (χ4n) is 8.28. The second-order valence-electron chi connectivity index (χ2n) is 19.5. The van der Waals surface area contributed by atoms with Gasteiger partial charge in [-0.25, -0.2) is 4.57 Å². The zero-order valence-corrected chi connectivity index (χ0v) is 45.2. The number of rotatable bonds is 54. The van der Waals surface area contributed by atoms with Crippen LogP contribution in [0.3, 0.4) is 0 Å². The van der Waals surface area contributed by atoms with Gasteiger partial charge in [0.25, 0.3) is 0 Å². The van der Waals surface area contributed by atoms with Gasteiger partial charge in [0.1, 0.15) is 12.7 Å². The van der Waals surface area contributed by atoms with Gasteiger partial charge in [0.15, 0.2) is 6.10 Å². The van der Waals surface area contributed by atoms with Gasteiger partial charge in [-0.05, 0) is 38.5 Å². The Morgan fingerprint density at radius 1 is 0.397 bits per heavy atom. The molecule has 0 heterocycles. The predicted molar refractivity (Wildman–Crippen MR) is 280 cm³/mol. The fourth-order valence-corrected chi connectivity index (χ4v) is 9.06. The van der Waals surface area contributed by atoms with E-state index in [-0.39, 0.29) is 25.9 Å². The first-order valence-electron chi connectivity index (χ1n) is 28.6. The molecule has 0 aliphatic carbocycles. The summed E-state index contributed by atoms with van der Waals surface area (Å²) in [4.78, 5) is 48.4.